The molecule has 8 heteroatoms. The molecule has 144 valence electrons. The maximum atomic E-state index is 13.8. The van der Waals surface area contributed by atoms with E-state index in [4.69, 9.17) is 0 Å². The van der Waals surface area contributed by atoms with Gasteiger partial charge in [0, 0.05) is 6.42 Å². The van der Waals surface area contributed by atoms with Gasteiger partial charge in [-0.15, -0.1) is 0 Å². The van der Waals surface area contributed by atoms with Gasteiger partial charge in [0.1, 0.15) is 11.9 Å². The summed E-state index contributed by atoms with van der Waals surface area (Å²) < 4.78 is 56.7. The van der Waals surface area contributed by atoms with Crippen molar-refractivity contribution in [1.82, 2.24) is 5.32 Å². The van der Waals surface area contributed by atoms with Crippen LogP contribution in [0.25, 0.3) is 0 Å². The van der Waals surface area contributed by atoms with Gasteiger partial charge in [-0.25, -0.2) is 9.18 Å². The second kappa shape index (κ2) is 8.66. The Labute approximate surface area is 153 Å². The normalized spacial score (nSPS) is 12.3. The summed E-state index contributed by atoms with van der Waals surface area (Å²) in [6, 6.07) is 8.92. The quantitative estimate of drug-likeness (QED) is 0.615. The lowest BCUT2D eigenvalue weighted by Crippen LogP contribution is -2.43. The van der Waals surface area contributed by atoms with Crippen LogP contribution in [0.1, 0.15) is 16.7 Å². The minimum Gasteiger partial charge on any atom is -0.467 e. The molecule has 2 aromatic rings. The average molecular weight is 383 g/mol. The number of alkyl halides is 3. The van der Waals surface area contributed by atoms with Gasteiger partial charge in [-0.05, 0) is 23.3 Å². The predicted molar refractivity (Wildman–Crippen MR) is 89.2 cm³/mol. The van der Waals surface area contributed by atoms with E-state index in [0.717, 1.165) is 19.2 Å². The topological polar surface area (TPSA) is 55.4 Å². The first-order valence-corrected chi connectivity index (χ1v) is 7.97. The summed E-state index contributed by atoms with van der Waals surface area (Å²) in [4.78, 5) is 24.1. The number of nitrogens with one attached hydrogen (secondary N) is 1. The molecule has 1 amide bonds. The van der Waals surface area contributed by atoms with Crippen molar-refractivity contribution in [1.29, 1.82) is 0 Å². The van der Waals surface area contributed by atoms with Crippen LogP contribution in [-0.2, 0) is 33.3 Å². The van der Waals surface area contributed by atoms with Crippen LogP contribution in [0.15, 0.2) is 48.5 Å². The van der Waals surface area contributed by atoms with E-state index in [2.05, 4.69) is 10.1 Å². The Morgan fingerprint density at radius 3 is 2.44 bits per heavy atom. The molecule has 27 heavy (non-hydrogen) atoms. The van der Waals surface area contributed by atoms with E-state index >= 15 is 0 Å². The molecule has 0 bridgehead atoms. The standard InChI is InChI=1S/C19H17F4NO3/c1-27-18(26)16(11-13-6-2-3-8-15(13)20)24-17(25)10-12-5-4-7-14(9-12)19(21,22)23/h2-9,16H,10-11H2,1H3,(H,24,25)/t16-/m0/s1. The summed E-state index contributed by atoms with van der Waals surface area (Å²) in [6.45, 7) is 0. The first-order valence-electron chi connectivity index (χ1n) is 7.97. The van der Waals surface area contributed by atoms with Gasteiger partial charge in [-0.3, -0.25) is 4.79 Å². The molecule has 0 heterocycles. The maximum absolute atomic E-state index is 13.8. The molecular weight excluding hydrogens is 366 g/mol. The lowest BCUT2D eigenvalue weighted by atomic mass is 10.0. The average Bonchev–Trinajstić information content (AvgIpc) is 2.61. The van der Waals surface area contributed by atoms with Crippen molar-refractivity contribution in [2.45, 2.75) is 25.1 Å². The molecule has 0 aliphatic heterocycles. The second-order valence-electron chi connectivity index (χ2n) is 5.81. The predicted octanol–water partition coefficient (Wildman–Crippen LogP) is 3.29. The number of carbonyl (C=O) groups is 2. The molecule has 0 aromatic heterocycles. The summed E-state index contributed by atoms with van der Waals surface area (Å²) in [7, 11) is 1.12. The minimum absolute atomic E-state index is 0.136. The van der Waals surface area contributed by atoms with Gasteiger partial charge in [-0.1, -0.05) is 36.4 Å². The highest BCUT2D eigenvalue weighted by Gasteiger charge is 2.30. The molecular formula is C19H17F4NO3. The zero-order chi connectivity index (χ0) is 20.0. The number of amides is 1. The Morgan fingerprint density at radius 2 is 1.81 bits per heavy atom. The molecule has 4 nitrogen and oxygen atoms in total. The van der Waals surface area contributed by atoms with E-state index < -0.39 is 35.5 Å². The van der Waals surface area contributed by atoms with Crippen molar-refractivity contribution in [2.24, 2.45) is 0 Å². The third-order valence-corrected chi connectivity index (χ3v) is 3.82. The van der Waals surface area contributed by atoms with Crippen molar-refractivity contribution in [3.63, 3.8) is 0 Å². The summed E-state index contributed by atoms with van der Waals surface area (Å²) in [5.41, 5.74) is -0.534. The molecule has 1 N–H and O–H groups in total. The van der Waals surface area contributed by atoms with Gasteiger partial charge in [0.15, 0.2) is 0 Å². The molecule has 0 saturated carbocycles. The molecule has 0 spiro atoms. The van der Waals surface area contributed by atoms with Crippen LogP contribution in [-0.4, -0.2) is 25.0 Å². The first kappa shape index (κ1) is 20.4. The number of benzene rings is 2. The van der Waals surface area contributed by atoms with Crippen molar-refractivity contribution in [2.75, 3.05) is 7.11 Å². The minimum atomic E-state index is -4.52. The number of methoxy groups -OCH3 is 1. The molecule has 1 atom stereocenters. The number of hydrogen-bond acceptors (Lipinski definition) is 3. The smallest absolute Gasteiger partial charge is 0.416 e. The van der Waals surface area contributed by atoms with E-state index in [9.17, 15) is 27.2 Å². The van der Waals surface area contributed by atoms with Crippen LogP contribution < -0.4 is 5.32 Å². The summed E-state index contributed by atoms with van der Waals surface area (Å²) in [5.74, 6) is -2.00. The second-order valence-corrected chi connectivity index (χ2v) is 5.81. The van der Waals surface area contributed by atoms with Gasteiger partial charge in [0.05, 0.1) is 19.1 Å². The SMILES string of the molecule is COC(=O)[C@H](Cc1ccccc1F)NC(=O)Cc1cccc(C(F)(F)F)c1. The highest BCUT2D eigenvalue weighted by molar-refractivity contribution is 5.85. The fourth-order valence-corrected chi connectivity index (χ4v) is 2.51. The zero-order valence-electron chi connectivity index (χ0n) is 14.3. The van der Waals surface area contributed by atoms with E-state index in [1.807, 2.05) is 0 Å². The van der Waals surface area contributed by atoms with Gasteiger partial charge >= 0.3 is 12.1 Å². The molecule has 2 rings (SSSR count). The van der Waals surface area contributed by atoms with Crippen molar-refractivity contribution >= 4 is 11.9 Å². The van der Waals surface area contributed by atoms with E-state index in [-0.39, 0.29) is 24.0 Å². The third-order valence-electron chi connectivity index (χ3n) is 3.82. The Balaban J connectivity index is 2.10. The van der Waals surface area contributed by atoms with Crippen LogP contribution >= 0.6 is 0 Å². The third kappa shape index (κ3) is 5.80. The van der Waals surface area contributed by atoms with Crippen LogP contribution in [0.3, 0.4) is 0 Å². The number of ether oxygens (including phenoxy) is 1. The van der Waals surface area contributed by atoms with E-state index in [1.165, 1.54) is 30.3 Å². The van der Waals surface area contributed by atoms with Crippen molar-refractivity contribution in [3.8, 4) is 0 Å². The summed E-state index contributed by atoms with van der Waals surface area (Å²) >= 11 is 0. The van der Waals surface area contributed by atoms with Crippen molar-refractivity contribution < 1.29 is 31.9 Å². The lowest BCUT2D eigenvalue weighted by molar-refractivity contribution is -0.145. The van der Waals surface area contributed by atoms with Gasteiger partial charge in [-0.2, -0.15) is 13.2 Å². The number of esters is 1. The van der Waals surface area contributed by atoms with Crippen LogP contribution in [0.4, 0.5) is 17.6 Å². The van der Waals surface area contributed by atoms with Gasteiger partial charge in [0.2, 0.25) is 5.91 Å². The molecule has 0 unspecified atom stereocenters. The molecule has 0 aliphatic rings. The summed E-state index contributed by atoms with van der Waals surface area (Å²) in [6.07, 6.45) is -5.03. The van der Waals surface area contributed by atoms with Crippen LogP contribution in [0.2, 0.25) is 0 Å². The van der Waals surface area contributed by atoms with Crippen LogP contribution in [0.5, 0.6) is 0 Å². The maximum Gasteiger partial charge on any atom is 0.416 e. The fourth-order valence-electron chi connectivity index (χ4n) is 2.51. The van der Waals surface area contributed by atoms with Crippen molar-refractivity contribution in [3.05, 3.63) is 71.0 Å². The summed E-state index contributed by atoms with van der Waals surface area (Å²) in [5, 5.41) is 2.39. The fraction of sp³-hybridized carbons (Fsp3) is 0.263. The zero-order valence-corrected chi connectivity index (χ0v) is 14.3. The number of rotatable bonds is 6. The highest BCUT2D eigenvalue weighted by atomic mass is 19.4. The number of hydrogen-bond donors (Lipinski definition) is 1. The monoisotopic (exact) mass is 383 g/mol. The molecule has 0 aliphatic carbocycles. The number of halogens is 4. The van der Waals surface area contributed by atoms with Crippen LogP contribution in [0, 0.1) is 5.82 Å². The first-order chi connectivity index (χ1) is 12.7. The number of carbonyl (C=O) groups excluding carboxylic acids is 2. The largest absolute Gasteiger partial charge is 0.467 e. The van der Waals surface area contributed by atoms with Gasteiger partial charge < -0.3 is 10.1 Å². The molecule has 0 fully saturated rings. The van der Waals surface area contributed by atoms with E-state index in [1.54, 1.807) is 6.07 Å². The lowest BCUT2D eigenvalue weighted by Gasteiger charge is -2.17. The molecule has 0 radical (unpaired) electrons. The molecule has 0 saturated heterocycles. The highest BCUT2D eigenvalue weighted by Crippen LogP contribution is 2.29. The molecule has 2 aromatic carbocycles. The van der Waals surface area contributed by atoms with E-state index in [0.29, 0.717) is 0 Å². The Bertz CT molecular complexity index is 821. The Hall–Kier alpha value is -2.90. The Morgan fingerprint density at radius 1 is 1.11 bits per heavy atom. The Kier molecular flexibility index (Phi) is 6.55. The van der Waals surface area contributed by atoms with Gasteiger partial charge in [0.25, 0.3) is 0 Å².